The van der Waals surface area contributed by atoms with Crippen LogP contribution in [0.15, 0.2) is 54.7 Å². The maximum Gasteiger partial charge on any atom is 0.272 e. The molecule has 2 aromatic carbocycles. The highest BCUT2D eigenvalue weighted by molar-refractivity contribution is 5.96. The summed E-state index contributed by atoms with van der Waals surface area (Å²) in [5.74, 6) is 0.457. The second-order valence-corrected chi connectivity index (χ2v) is 6.94. The Hall–Kier alpha value is -2.99. The molecule has 0 aliphatic carbocycles. The highest BCUT2D eigenvalue weighted by Gasteiger charge is 2.23. The lowest BCUT2D eigenvalue weighted by atomic mass is 10.1. The van der Waals surface area contributed by atoms with Crippen LogP contribution in [-0.2, 0) is 6.54 Å². The van der Waals surface area contributed by atoms with E-state index in [-0.39, 0.29) is 11.7 Å². The molecule has 1 amide bonds. The average Bonchev–Trinajstić information content (AvgIpc) is 2.73. The van der Waals surface area contributed by atoms with Gasteiger partial charge in [0.05, 0.1) is 7.11 Å². The van der Waals surface area contributed by atoms with Crippen molar-refractivity contribution in [2.45, 2.75) is 6.54 Å². The molecule has 1 fully saturated rings. The number of hydrogen-bond donors (Lipinski definition) is 0. The largest absolute Gasteiger partial charge is 0.496 e. The smallest absolute Gasteiger partial charge is 0.272 e. The van der Waals surface area contributed by atoms with Gasteiger partial charge in [-0.15, -0.1) is 0 Å². The van der Waals surface area contributed by atoms with E-state index in [1.807, 2.05) is 23.1 Å². The molecule has 5 nitrogen and oxygen atoms in total. The standard InChI is InChI=1S/C22H22FN3O2/c1-28-21-5-3-2-4-17(21)15-25-8-10-26(11-9-25)22(27)20-13-18-12-19(23)7-6-16(18)14-24-20/h2-7,12-14H,8-11,15H2,1H3. The molecule has 0 N–H and O–H groups in total. The molecule has 1 aliphatic rings. The van der Waals surface area contributed by atoms with Gasteiger partial charge >= 0.3 is 0 Å². The molecule has 3 aromatic rings. The fraction of sp³-hybridized carbons (Fsp3) is 0.273. The van der Waals surface area contributed by atoms with Crippen LogP contribution in [0.3, 0.4) is 0 Å². The van der Waals surface area contributed by atoms with Crippen LogP contribution in [0.4, 0.5) is 4.39 Å². The molecule has 0 spiro atoms. The molecule has 0 atom stereocenters. The van der Waals surface area contributed by atoms with E-state index >= 15 is 0 Å². The van der Waals surface area contributed by atoms with Crippen LogP contribution < -0.4 is 4.74 Å². The minimum atomic E-state index is -0.318. The number of nitrogens with zero attached hydrogens (tertiary/aromatic N) is 3. The van der Waals surface area contributed by atoms with E-state index in [9.17, 15) is 9.18 Å². The lowest BCUT2D eigenvalue weighted by Crippen LogP contribution is -2.48. The van der Waals surface area contributed by atoms with E-state index in [1.165, 1.54) is 12.1 Å². The predicted molar refractivity (Wildman–Crippen MR) is 106 cm³/mol. The lowest BCUT2D eigenvalue weighted by Gasteiger charge is -2.34. The first-order chi connectivity index (χ1) is 13.6. The summed E-state index contributed by atoms with van der Waals surface area (Å²) in [5.41, 5.74) is 1.50. The van der Waals surface area contributed by atoms with Gasteiger partial charge in [-0.1, -0.05) is 18.2 Å². The quantitative estimate of drug-likeness (QED) is 0.698. The Balaban J connectivity index is 1.41. The fourth-order valence-electron chi connectivity index (χ4n) is 3.57. The number of halogens is 1. The second kappa shape index (κ2) is 7.94. The summed E-state index contributed by atoms with van der Waals surface area (Å²) in [6, 6.07) is 14.2. The number of para-hydroxylation sites is 1. The van der Waals surface area contributed by atoms with Crippen LogP contribution in [0.1, 0.15) is 16.1 Å². The molecule has 0 bridgehead atoms. The maximum atomic E-state index is 13.5. The van der Waals surface area contributed by atoms with E-state index in [2.05, 4.69) is 16.0 Å². The third-order valence-corrected chi connectivity index (χ3v) is 5.15. The summed E-state index contributed by atoms with van der Waals surface area (Å²) in [6.45, 7) is 3.63. The Morgan fingerprint density at radius 1 is 1.07 bits per heavy atom. The Bertz CT molecular complexity index is 1000. The minimum Gasteiger partial charge on any atom is -0.496 e. The van der Waals surface area contributed by atoms with Crippen molar-refractivity contribution in [1.82, 2.24) is 14.8 Å². The highest BCUT2D eigenvalue weighted by atomic mass is 19.1. The van der Waals surface area contributed by atoms with Crippen LogP contribution in [0.25, 0.3) is 10.8 Å². The summed E-state index contributed by atoms with van der Waals surface area (Å²) in [7, 11) is 1.68. The first-order valence-electron chi connectivity index (χ1n) is 9.33. The van der Waals surface area contributed by atoms with Crippen LogP contribution in [0.5, 0.6) is 5.75 Å². The Labute approximate surface area is 163 Å². The van der Waals surface area contributed by atoms with Gasteiger partial charge in [-0.2, -0.15) is 0 Å². The molecular formula is C22H22FN3O2. The summed E-state index contributed by atoms with van der Waals surface area (Å²) in [6.07, 6.45) is 1.62. The van der Waals surface area contributed by atoms with E-state index in [0.29, 0.717) is 24.2 Å². The fourth-order valence-corrected chi connectivity index (χ4v) is 3.57. The maximum absolute atomic E-state index is 13.5. The van der Waals surface area contributed by atoms with Crippen LogP contribution >= 0.6 is 0 Å². The Kier molecular flexibility index (Phi) is 5.21. The first kappa shape index (κ1) is 18.4. The number of methoxy groups -OCH3 is 1. The summed E-state index contributed by atoms with van der Waals surface area (Å²) in [4.78, 5) is 21.2. The molecule has 144 valence electrons. The number of carbonyl (C=O) groups is 1. The minimum absolute atomic E-state index is 0.108. The third kappa shape index (κ3) is 3.82. The molecule has 1 aliphatic heterocycles. The zero-order valence-corrected chi connectivity index (χ0v) is 15.8. The average molecular weight is 379 g/mol. The monoisotopic (exact) mass is 379 g/mol. The molecule has 0 radical (unpaired) electrons. The van der Waals surface area contributed by atoms with Gasteiger partial charge in [0, 0.05) is 49.9 Å². The Morgan fingerprint density at radius 3 is 2.64 bits per heavy atom. The van der Waals surface area contributed by atoms with Crippen molar-refractivity contribution in [2.24, 2.45) is 0 Å². The zero-order chi connectivity index (χ0) is 19.5. The number of aromatic nitrogens is 1. The molecule has 1 aromatic heterocycles. The van der Waals surface area contributed by atoms with Gasteiger partial charge in [0.15, 0.2) is 0 Å². The van der Waals surface area contributed by atoms with Gasteiger partial charge in [0.2, 0.25) is 0 Å². The zero-order valence-electron chi connectivity index (χ0n) is 15.8. The van der Waals surface area contributed by atoms with E-state index in [4.69, 9.17) is 4.74 Å². The summed E-state index contributed by atoms with van der Waals surface area (Å²) in [5, 5.41) is 1.51. The van der Waals surface area contributed by atoms with E-state index < -0.39 is 0 Å². The number of hydrogen-bond acceptors (Lipinski definition) is 4. The summed E-state index contributed by atoms with van der Waals surface area (Å²) >= 11 is 0. The number of benzene rings is 2. The van der Waals surface area contributed by atoms with Crippen LogP contribution in [-0.4, -0.2) is 54.0 Å². The van der Waals surface area contributed by atoms with Crippen molar-refractivity contribution in [2.75, 3.05) is 33.3 Å². The SMILES string of the molecule is COc1ccccc1CN1CCN(C(=O)c2cc3cc(F)ccc3cn2)CC1. The molecule has 0 saturated carbocycles. The number of carbonyl (C=O) groups excluding carboxylic acids is 1. The molecule has 28 heavy (non-hydrogen) atoms. The molecule has 1 saturated heterocycles. The topological polar surface area (TPSA) is 45.7 Å². The molecule has 6 heteroatoms. The Morgan fingerprint density at radius 2 is 1.86 bits per heavy atom. The number of pyridine rings is 1. The van der Waals surface area contributed by atoms with Gasteiger partial charge in [-0.25, -0.2) is 4.39 Å². The van der Waals surface area contributed by atoms with Crippen molar-refractivity contribution in [3.05, 3.63) is 71.8 Å². The molecule has 4 rings (SSSR count). The van der Waals surface area contributed by atoms with Gasteiger partial charge in [-0.05, 0) is 35.7 Å². The lowest BCUT2D eigenvalue weighted by molar-refractivity contribution is 0.0622. The number of piperazine rings is 1. The molecular weight excluding hydrogens is 357 g/mol. The number of rotatable bonds is 4. The van der Waals surface area contributed by atoms with Crippen molar-refractivity contribution in [3.8, 4) is 5.75 Å². The summed E-state index contributed by atoms with van der Waals surface area (Å²) < 4.78 is 18.9. The van der Waals surface area contributed by atoms with Crippen molar-refractivity contribution in [1.29, 1.82) is 0 Å². The van der Waals surface area contributed by atoms with E-state index in [1.54, 1.807) is 25.4 Å². The van der Waals surface area contributed by atoms with Crippen molar-refractivity contribution >= 4 is 16.7 Å². The number of fused-ring (bicyclic) bond motifs is 1. The second-order valence-electron chi connectivity index (χ2n) is 6.94. The van der Waals surface area contributed by atoms with Gasteiger partial charge < -0.3 is 9.64 Å². The van der Waals surface area contributed by atoms with Crippen molar-refractivity contribution < 1.29 is 13.9 Å². The number of ether oxygens (including phenoxy) is 1. The van der Waals surface area contributed by atoms with E-state index in [0.717, 1.165) is 36.3 Å². The van der Waals surface area contributed by atoms with Gasteiger partial charge in [0.25, 0.3) is 5.91 Å². The molecule has 2 heterocycles. The third-order valence-electron chi connectivity index (χ3n) is 5.15. The van der Waals surface area contributed by atoms with Gasteiger partial charge in [-0.3, -0.25) is 14.7 Å². The number of amides is 1. The molecule has 0 unspecified atom stereocenters. The predicted octanol–water partition coefficient (Wildman–Crippen LogP) is 3.34. The van der Waals surface area contributed by atoms with Crippen LogP contribution in [0.2, 0.25) is 0 Å². The highest BCUT2D eigenvalue weighted by Crippen LogP contribution is 2.21. The first-order valence-corrected chi connectivity index (χ1v) is 9.33. The van der Waals surface area contributed by atoms with Crippen molar-refractivity contribution in [3.63, 3.8) is 0 Å². The van der Waals surface area contributed by atoms with Crippen LogP contribution in [0, 0.1) is 5.82 Å². The normalized spacial score (nSPS) is 15.0. The van der Waals surface area contributed by atoms with Gasteiger partial charge in [0.1, 0.15) is 17.3 Å².